The van der Waals surface area contributed by atoms with E-state index >= 15 is 0 Å². The second kappa shape index (κ2) is 6.37. The van der Waals surface area contributed by atoms with Crippen molar-refractivity contribution in [3.05, 3.63) is 23.4 Å². The van der Waals surface area contributed by atoms with Gasteiger partial charge in [0.25, 0.3) is 0 Å². The van der Waals surface area contributed by atoms with Crippen molar-refractivity contribution < 1.29 is 22.7 Å². The lowest BCUT2D eigenvalue weighted by Gasteiger charge is -2.31. The van der Waals surface area contributed by atoms with Crippen LogP contribution in [0, 0.1) is 5.92 Å². The van der Waals surface area contributed by atoms with E-state index in [-0.39, 0.29) is 6.42 Å². The summed E-state index contributed by atoms with van der Waals surface area (Å²) < 4.78 is 43.7. The van der Waals surface area contributed by atoms with Crippen LogP contribution in [0.5, 0.6) is 0 Å². The fourth-order valence-corrected chi connectivity index (χ4v) is 2.45. The van der Waals surface area contributed by atoms with Gasteiger partial charge in [-0.15, -0.1) is 0 Å². The second-order valence-corrected chi connectivity index (χ2v) is 6.71. The average Bonchev–Trinajstić information content (AvgIpc) is 2.45. The summed E-state index contributed by atoms with van der Waals surface area (Å²) in [6.07, 6.45) is -0.0569. The van der Waals surface area contributed by atoms with Crippen LogP contribution in [-0.2, 0) is 4.74 Å². The summed E-state index contributed by atoms with van der Waals surface area (Å²) in [6.45, 7) is 6.13. The molecule has 0 saturated heterocycles. The van der Waals surface area contributed by atoms with Crippen LogP contribution in [0.3, 0.4) is 0 Å². The minimum atomic E-state index is -4.28. The van der Waals surface area contributed by atoms with Crippen molar-refractivity contribution in [3.8, 4) is 0 Å². The Balaban J connectivity index is 1.98. The molecule has 7 heteroatoms. The predicted octanol–water partition coefficient (Wildman–Crippen LogP) is 4.09. The summed E-state index contributed by atoms with van der Waals surface area (Å²) in [5.74, 6) is -1.53. The Labute approximate surface area is 133 Å². The van der Waals surface area contributed by atoms with Crippen LogP contribution >= 0.6 is 0 Å². The zero-order valence-electron chi connectivity index (χ0n) is 13.5. The number of carbonyl (C=O) groups excluding carboxylic acids is 1. The van der Waals surface area contributed by atoms with Gasteiger partial charge in [-0.3, -0.25) is 4.99 Å². The summed E-state index contributed by atoms with van der Waals surface area (Å²) in [6, 6.07) is 0. The standard InChI is InChI=1S/C16H21F3N2O2/c1-15(2,3)23-14(22)21-6-4-11(5-7-21)12-8-13(10-20-9-12)16(17,18)19/h4,9-10,13H,5-8H2,1-3H3. The molecule has 0 saturated carbocycles. The topological polar surface area (TPSA) is 41.9 Å². The van der Waals surface area contributed by atoms with Gasteiger partial charge in [-0.1, -0.05) is 6.08 Å². The number of amides is 1. The van der Waals surface area contributed by atoms with Crippen molar-refractivity contribution in [2.75, 3.05) is 13.1 Å². The van der Waals surface area contributed by atoms with Crippen LogP contribution in [0.4, 0.5) is 18.0 Å². The third kappa shape index (κ3) is 4.84. The van der Waals surface area contributed by atoms with Crippen LogP contribution in [0.1, 0.15) is 33.6 Å². The third-order valence-corrected chi connectivity index (χ3v) is 3.63. The van der Waals surface area contributed by atoms with Crippen LogP contribution in [0.25, 0.3) is 0 Å². The van der Waals surface area contributed by atoms with Crippen molar-refractivity contribution >= 4 is 12.3 Å². The van der Waals surface area contributed by atoms with E-state index in [1.165, 1.54) is 6.20 Å². The SMILES string of the molecule is CC(C)(C)OC(=O)N1CC=C(C2=CN=CC(C(F)(F)F)C2)CC1. The molecule has 2 aliphatic rings. The van der Waals surface area contributed by atoms with Gasteiger partial charge < -0.3 is 9.64 Å². The van der Waals surface area contributed by atoms with Crippen LogP contribution in [-0.4, -0.2) is 42.1 Å². The first kappa shape index (κ1) is 17.6. The number of ether oxygens (including phenoxy) is 1. The van der Waals surface area contributed by atoms with E-state index < -0.39 is 23.8 Å². The monoisotopic (exact) mass is 330 g/mol. The highest BCUT2D eigenvalue weighted by Crippen LogP contribution is 2.35. The van der Waals surface area contributed by atoms with E-state index in [0.717, 1.165) is 11.8 Å². The van der Waals surface area contributed by atoms with Crippen molar-refractivity contribution in [1.82, 2.24) is 4.90 Å². The van der Waals surface area contributed by atoms with Gasteiger partial charge in [0.05, 0.1) is 5.92 Å². The number of hydrogen-bond donors (Lipinski definition) is 0. The lowest BCUT2D eigenvalue weighted by atomic mass is 9.90. The van der Waals surface area contributed by atoms with E-state index in [2.05, 4.69) is 4.99 Å². The lowest BCUT2D eigenvalue weighted by molar-refractivity contribution is -0.153. The smallest absolute Gasteiger partial charge is 0.410 e. The molecule has 1 unspecified atom stereocenters. The van der Waals surface area contributed by atoms with Gasteiger partial charge in [0.2, 0.25) is 0 Å². The molecule has 0 N–H and O–H groups in total. The molecule has 1 atom stereocenters. The summed E-state index contributed by atoms with van der Waals surface area (Å²) >= 11 is 0. The molecule has 0 aromatic rings. The van der Waals surface area contributed by atoms with Crippen LogP contribution in [0.2, 0.25) is 0 Å². The Kier molecular flexibility index (Phi) is 4.87. The molecule has 23 heavy (non-hydrogen) atoms. The minimum Gasteiger partial charge on any atom is -0.444 e. The zero-order valence-corrected chi connectivity index (χ0v) is 13.5. The number of carbonyl (C=O) groups is 1. The highest BCUT2D eigenvalue weighted by Gasteiger charge is 2.40. The number of alkyl halides is 3. The maximum absolute atomic E-state index is 12.8. The molecule has 1 amide bonds. The highest BCUT2D eigenvalue weighted by molar-refractivity contribution is 5.69. The van der Waals surface area contributed by atoms with Crippen molar-refractivity contribution in [3.63, 3.8) is 0 Å². The maximum Gasteiger partial charge on any atom is 0.410 e. The summed E-state index contributed by atoms with van der Waals surface area (Å²) in [4.78, 5) is 17.2. The summed E-state index contributed by atoms with van der Waals surface area (Å²) in [5, 5.41) is 0. The Morgan fingerprint density at radius 2 is 2.00 bits per heavy atom. The number of allylic oxidation sites excluding steroid dienone is 1. The molecule has 0 fully saturated rings. The van der Waals surface area contributed by atoms with E-state index in [4.69, 9.17) is 4.74 Å². The maximum atomic E-state index is 12.8. The lowest BCUT2D eigenvalue weighted by Crippen LogP contribution is -2.39. The third-order valence-electron chi connectivity index (χ3n) is 3.63. The van der Waals surface area contributed by atoms with Crippen molar-refractivity contribution in [2.24, 2.45) is 10.9 Å². The van der Waals surface area contributed by atoms with Crippen LogP contribution in [0.15, 0.2) is 28.4 Å². The Morgan fingerprint density at radius 1 is 1.30 bits per heavy atom. The first-order chi connectivity index (χ1) is 10.6. The molecular weight excluding hydrogens is 309 g/mol. The second-order valence-electron chi connectivity index (χ2n) is 6.71. The molecule has 0 spiro atoms. The van der Waals surface area contributed by atoms with E-state index in [0.29, 0.717) is 25.1 Å². The first-order valence-corrected chi connectivity index (χ1v) is 7.52. The van der Waals surface area contributed by atoms with Crippen molar-refractivity contribution in [1.29, 1.82) is 0 Å². The molecule has 128 valence electrons. The fourth-order valence-electron chi connectivity index (χ4n) is 2.45. The molecule has 0 aromatic heterocycles. The molecule has 0 aromatic carbocycles. The summed E-state index contributed by atoms with van der Waals surface area (Å²) in [7, 11) is 0. The largest absolute Gasteiger partial charge is 0.444 e. The quantitative estimate of drug-likeness (QED) is 0.727. The number of nitrogens with zero attached hydrogens (tertiary/aromatic N) is 2. The van der Waals surface area contributed by atoms with Gasteiger partial charge in [0, 0.05) is 25.5 Å². The van der Waals surface area contributed by atoms with Gasteiger partial charge in [0.1, 0.15) is 5.60 Å². The molecule has 2 rings (SSSR count). The molecular formula is C16H21F3N2O2. The normalized spacial score (nSPS) is 22.5. The molecule has 0 bridgehead atoms. The molecule has 4 nitrogen and oxygen atoms in total. The Bertz CT molecular complexity index is 557. The number of aliphatic imine (C=N–C) groups is 1. The average molecular weight is 330 g/mol. The van der Waals surface area contributed by atoms with Gasteiger partial charge >= 0.3 is 12.3 Å². The number of halogens is 3. The first-order valence-electron chi connectivity index (χ1n) is 7.52. The van der Waals surface area contributed by atoms with Gasteiger partial charge in [-0.25, -0.2) is 4.79 Å². The Hall–Kier alpha value is -1.79. The summed E-state index contributed by atoms with van der Waals surface area (Å²) in [5.41, 5.74) is 0.858. The van der Waals surface area contributed by atoms with Crippen LogP contribution < -0.4 is 0 Å². The van der Waals surface area contributed by atoms with E-state index in [1.54, 1.807) is 31.7 Å². The minimum absolute atomic E-state index is 0.0920. The van der Waals surface area contributed by atoms with Gasteiger partial charge in [-0.05, 0) is 44.8 Å². The van der Waals surface area contributed by atoms with E-state index in [9.17, 15) is 18.0 Å². The molecule has 0 radical (unpaired) electrons. The molecule has 0 aliphatic carbocycles. The highest BCUT2D eigenvalue weighted by atomic mass is 19.4. The van der Waals surface area contributed by atoms with Gasteiger partial charge in [0.15, 0.2) is 0 Å². The Morgan fingerprint density at radius 3 is 2.52 bits per heavy atom. The molecule has 2 heterocycles. The number of hydrogen-bond acceptors (Lipinski definition) is 3. The zero-order chi connectivity index (χ0) is 17.3. The van der Waals surface area contributed by atoms with E-state index in [1.807, 2.05) is 0 Å². The number of rotatable bonds is 1. The van der Waals surface area contributed by atoms with Crippen molar-refractivity contribution in [2.45, 2.75) is 45.4 Å². The fraction of sp³-hybridized carbons (Fsp3) is 0.625. The predicted molar refractivity (Wildman–Crippen MR) is 81.2 cm³/mol. The van der Waals surface area contributed by atoms with Gasteiger partial charge in [-0.2, -0.15) is 13.2 Å². The molecule has 2 aliphatic heterocycles.